The molecule has 1 unspecified atom stereocenters. The summed E-state index contributed by atoms with van der Waals surface area (Å²) in [5.74, 6) is 0. The lowest BCUT2D eigenvalue weighted by molar-refractivity contribution is 0.781. The largest absolute Gasteiger partial charge is 0.343 e. The molecule has 4 nitrogen and oxygen atoms in total. The van der Waals surface area contributed by atoms with Gasteiger partial charge < -0.3 is 10.6 Å². The molecule has 0 aliphatic rings. The maximum absolute atomic E-state index is 8.92. The molecule has 19 heavy (non-hydrogen) atoms. The van der Waals surface area contributed by atoms with Crippen LogP contribution in [-0.2, 0) is 0 Å². The summed E-state index contributed by atoms with van der Waals surface area (Å²) in [6, 6.07) is 13.4. The third-order valence-electron chi connectivity index (χ3n) is 2.99. The van der Waals surface area contributed by atoms with E-state index in [9.17, 15) is 0 Å². The smallest absolute Gasteiger partial charge is 0.0992 e. The zero-order valence-electron chi connectivity index (χ0n) is 11.0. The predicted molar refractivity (Wildman–Crippen MR) is 76.1 cm³/mol. The number of pyridine rings is 1. The van der Waals surface area contributed by atoms with Crippen molar-refractivity contribution in [3.63, 3.8) is 0 Å². The third kappa shape index (κ3) is 2.90. The molecule has 1 atom stereocenters. The average molecular weight is 252 g/mol. The number of nitriles is 1. The van der Waals surface area contributed by atoms with Gasteiger partial charge in [0.15, 0.2) is 0 Å². The maximum atomic E-state index is 8.92. The molecule has 0 bridgehead atoms. The summed E-state index contributed by atoms with van der Waals surface area (Å²) in [6.07, 6.45) is 1.79. The van der Waals surface area contributed by atoms with Crippen LogP contribution in [0.5, 0.6) is 0 Å². The van der Waals surface area contributed by atoms with Crippen molar-refractivity contribution < 1.29 is 0 Å². The van der Waals surface area contributed by atoms with Crippen molar-refractivity contribution in [1.29, 1.82) is 5.26 Å². The Hall–Kier alpha value is -2.38. The molecular weight excluding hydrogens is 236 g/mol. The van der Waals surface area contributed by atoms with E-state index in [2.05, 4.69) is 11.1 Å². The summed E-state index contributed by atoms with van der Waals surface area (Å²) in [5, 5.41) is 8.92. The van der Waals surface area contributed by atoms with Crippen LogP contribution in [0.3, 0.4) is 0 Å². The van der Waals surface area contributed by atoms with Crippen LogP contribution in [0.25, 0.3) is 0 Å². The van der Waals surface area contributed by atoms with Crippen molar-refractivity contribution in [3.8, 4) is 6.07 Å². The minimum absolute atomic E-state index is 0.0683. The third-order valence-corrected chi connectivity index (χ3v) is 2.99. The van der Waals surface area contributed by atoms with Crippen LogP contribution in [0, 0.1) is 11.3 Å². The summed E-state index contributed by atoms with van der Waals surface area (Å²) in [7, 11) is 1.94. The Morgan fingerprint density at radius 1 is 1.26 bits per heavy atom. The number of nitrogens with zero attached hydrogens (tertiary/aromatic N) is 3. The van der Waals surface area contributed by atoms with Crippen LogP contribution < -0.4 is 10.6 Å². The minimum Gasteiger partial charge on any atom is -0.343 e. The zero-order valence-corrected chi connectivity index (χ0v) is 11.0. The SMILES string of the molecule is CC(N)c1ccc(N(C)c2cccc(C#N)c2)cn1. The molecular formula is C15H16N4. The Morgan fingerprint density at radius 3 is 2.63 bits per heavy atom. The lowest BCUT2D eigenvalue weighted by Crippen LogP contribution is -2.12. The highest BCUT2D eigenvalue weighted by Crippen LogP contribution is 2.24. The molecule has 0 fully saturated rings. The monoisotopic (exact) mass is 252 g/mol. The lowest BCUT2D eigenvalue weighted by Gasteiger charge is -2.19. The summed E-state index contributed by atoms with van der Waals surface area (Å²) >= 11 is 0. The molecule has 96 valence electrons. The van der Waals surface area contributed by atoms with E-state index < -0.39 is 0 Å². The molecule has 2 rings (SSSR count). The second-order valence-corrected chi connectivity index (χ2v) is 4.45. The Morgan fingerprint density at radius 2 is 2.05 bits per heavy atom. The Balaban J connectivity index is 2.28. The van der Waals surface area contributed by atoms with E-state index >= 15 is 0 Å². The van der Waals surface area contributed by atoms with Crippen molar-refractivity contribution in [1.82, 2.24) is 4.98 Å². The van der Waals surface area contributed by atoms with E-state index in [4.69, 9.17) is 11.0 Å². The van der Waals surface area contributed by atoms with Crippen LogP contribution in [0.1, 0.15) is 24.2 Å². The molecule has 0 aliphatic heterocycles. The number of rotatable bonds is 3. The van der Waals surface area contributed by atoms with Gasteiger partial charge in [-0.1, -0.05) is 6.07 Å². The molecule has 0 saturated heterocycles. The second-order valence-electron chi connectivity index (χ2n) is 4.45. The van der Waals surface area contributed by atoms with Gasteiger partial charge in [0.1, 0.15) is 0 Å². The highest BCUT2D eigenvalue weighted by Gasteiger charge is 2.06. The average Bonchev–Trinajstić information content (AvgIpc) is 2.46. The maximum Gasteiger partial charge on any atom is 0.0992 e. The van der Waals surface area contributed by atoms with Crippen molar-refractivity contribution in [2.45, 2.75) is 13.0 Å². The van der Waals surface area contributed by atoms with E-state index in [-0.39, 0.29) is 6.04 Å². The van der Waals surface area contributed by atoms with Gasteiger partial charge in [0, 0.05) is 18.8 Å². The molecule has 0 radical (unpaired) electrons. The van der Waals surface area contributed by atoms with Gasteiger partial charge in [-0.3, -0.25) is 4.98 Å². The van der Waals surface area contributed by atoms with Crippen LogP contribution in [0.4, 0.5) is 11.4 Å². The second kappa shape index (κ2) is 5.51. The molecule has 1 heterocycles. The molecule has 1 aromatic carbocycles. The topological polar surface area (TPSA) is 65.9 Å². The van der Waals surface area contributed by atoms with Gasteiger partial charge in [-0.15, -0.1) is 0 Å². The van der Waals surface area contributed by atoms with Gasteiger partial charge in [-0.05, 0) is 37.3 Å². The molecule has 0 spiro atoms. The Bertz CT molecular complexity index is 596. The number of aromatic nitrogens is 1. The summed E-state index contributed by atoms with van der Waals surface area (Å²) < 4.78 is 0. The highest BCUT2D eigenvalue weighted by molar-refractivity contribution is 5.63. The number of nitrogens with two attached hydrogens (primary N) is 1. The number of benzene rings is 1. The Labute approximate surface area is 113 Å². The number of hydrogen-bond donors (Lipinski definition) is 1. The number of hydrogen-bond acceptors (Lipinski definition) is 4. The zero-order chi connectivity index (χ0) is 13.8. The molecule has 2 N–H and O–H groups in total. The van der Waals surface area contributed by atoms with E-state index in [0.717, 1.165) is 17.1 Å². The normalized spacial score (nSPS) is 11.7. The standard InChI is InChI=1S/C15H16N4/c1-11(17)15-7-6-14(10-18-15)19(2)13-5-3-4-12(8-13)9-16/h3-8,10-11H,17H2,1-2H3. The quantitative estimate of drug-likeness (QED) is 0.912. The lowest BCUT2D eigenvalue weighted by atomic mass is 10.2. The first-order valence-corrected chi connectivity index (χ1v) is 6.07. The first-order valence-electron chi connectivity index (χ1n) is 6.07. The summed E-state index contributed by atoms with van der Waals surface area (Å²) in [4.78, 5) is 6.32. The van der Waals surface area contributed by atoms with E-state index in [0.29, 0.717) is 5.56 Å². The molecule has 4 heteroatoms. The van der Waals surface area contributed by atoms with Gasteiger partial charge in [0.25, 0.3) is 0 Å². The van der Waals surface area contributed by atoms with Crippen molar-refractivity contribution in [3.05, 3.63) is 53.9 Å². The minimum atomic E-state index is -0.0683. The molecule has 1 aromatic heterocycles. The van der Waals surface area contributed by atoms with E-state index in [1.807, 2.05) is 49.2 Å². The van der Waals surface area contributed by atoms with Gasteiger partial charge in [-0.2, -0.15) is 5.26 Å². The van der Waals surface area contributed by atoms with Gasteiger partial charge in [-0.25, -0.2) is 0 Å². The van der Waals surface area contributed by atoms with Crippen molar-refractivity contribution in [2.75, 3.05) is 11.9 Å². The van der Waals surface area contributed by atoms with Gasteiger partial charge >= 0.3 is 0 Å². The summed E-state index contributed by atoms with van der Waals surface area (Å²) in [6.45, 7) is 1.90. The fraction of sp³-hybridized carbons (Fsp3) is 0.200. The fourth-order valence-electron chi connectivity index (χ4n) is 1.80. The molecule has 2 aromatic rings. The Kier molecular flexibility index (Phi) is 3.79. The predicted octanol–water partition coefficient (Wildman–Crippen LogP) is 2.74. The van der Waals surface area contributed by atoms with Crippen molar-refractivity contribution in [2.24, 2.45) is 5.73 Å². The van der Waals surface area contributed by atoms with Crippen LogP contribution in [0.15, 0.2) is 42.6 Å². The van der Waals surface area contributed by atoms with Crippen LogP contribution >= 0.6 is 0 Å². The summed E-state index contributed by atoms with van der Waals surface area (Å²) in [5.41, 5.74) is 9.19. The van der Waals surface area contributed by atoms with Gasteiger partial charge in [0.05, 0.1) is 29.2 Å². The van der Waals surface area contributed by atoms with Gasteiger partial charge in [0.2, 0.25) is 0 Å². The molecule has 0 amide bonds. The van der Waals surface area contributed by atoms with Crippen LogP contribution in [-0.4, -0.2) is 12.0 Å². The van der Waals surface area contributed by atoms with E-state index in [1.165, 1.54) is 0 Å². The first kappa shape index (κ1) is 13.1. The van der Waals surface area contributed by atoms with E-state index in [1.54, 1.807) is 12.3 Å². The first-order chi connectivity index (χ1) is 9.11. The fourth-order valence-corrected chi connectivity index (χ4v) is 1.80. The molecule has 0 saturated carbocycles. The number of anilines is 2. The molecule has 0 aliphatic carbocycles. The van der Waals surface area contributed by atoms with Crippen molar-refractivity contribution >= 4 is 11.4 Å². The van der Waals surface area contributed by atoms with Crippen LogP contribution in [0.2, 0.25) is 0 Å². The highest BCUT2D eigenvalue weighted by atomic mass is 15.1.